The molecule has 17 heavy (non-hydrogen) atoms. The standard InChI is InChI=1S/C13H16N2O2/c1-9-3-4-13(16-2)10(5-9)6-12(14)11-7-15-17-8-11/h3-5,7-8,12H,6,14H2,1-2H3. The highest BCUT2D eigenvalue weighted by Crippen LogP contribution is 2.24. The third-order valence-corrected chi connectivity index (χ3v) is 2.76. The van der Waals surface area contributed by atoms with Gasteiger partial charge in [0.1, 0.15) is 12.0 Å². The number of nitrogens with two attached hydrogens (primary N) is 1. The first-order chi connectivity index (χ1) is 8.20. The maximum atomic E-state index is 6.09. The summed E-state index contributed by atoms with van der Waals surface area (Å²) >= 11 is 0. The van der Waals surface area contributed by atoms with Crippen molar-refractivity contribution in [3.05, 3.63) is 47.3 Å². The lowest BCUT2D eigenvalue weighted by Gasteiger charge is -2.13. The first-order valence-corrected chi connectivity index (χ1v) is 5.49. The van der Waals surface area contributed by atoms with Crippen LogP contribution in [0.25, 0.3) is 0 Å². The van der Waals surface area contributed by atoms with E-state index in [4.69, 9.17) is 15.0 Å². The van der Waals surface area contributed by atoms with Gasteiger partial charge >= 0.3 is 0 Å². The smallest absolute Gasteiger partial charge is 0.128 e. The molecule has 1 aromatic heterocycles. The van der Waals surface area contributed by atoms with E-state index in [-0.39, 0.29) is 6.04 Å². The lowest BCUT2D eigenvalue weighted by molar-refractivity contribution is 0.407. The number of nitrogens with zero attached hydrogens (tertiary/aromatic N) is 1. The van der Waals surface area contributed by atoms with E-state index < -0.39 is 0 Å². The quantitative estimate of drug-likeness (QED) is 0.878. The molecule has 0 saturated heterocycles. The first-order valence-electron chi connectivity index (χ1n) is 5.49. The van der Waals surface area contributed by atoms with Crippen LogP contribution in [0, 0.1) is 6.92 Å². The van der Waals surface area contributed by atoms with Crippen molar-refractivity contribution in [3.8, 4) is 5.75 Å². The normalized spacial score (nSPS) is 12.4. The van der Waals surface area contributed by atoms with Gasteiger partial charge in [0.05, 0.1) is 13.3 Å². The van der Waals surface area contributed by atoms with Gasteiger partial charge in [-0.3, -0.25) is 0 Å². The average Bonchev–Trinajstić information content (AvgIpc) is 2.83. The molecule has 2 aromatic rings. The predicted octanol–water partition coefficient (Wildman–Crippen LogP) is 2.23. The van der Waals surface area contributed by atoms with Crippen LogP contribution in [0.4, 0.5) is 0 Å². The van der Waals surface area contributed by atoms with Crippen LogP contribution < -0.4 is 10.5 Å². The maximum absolute atomic E-state index is 6.09. The Morgan fingerprint density at radius 1 is 1.47 bits per heavy atom. The van der Waals surface area contributed by atoms with Gasteiger partial charge in [0, 0.05) is 11.6 Å². The molecular formula is C13H16N2O2. The lowest BCUT2D eigenvalue weighted by Crippen LogP contribution is -2.13. The minimum absolute atomic E-state index is 0.128. The molecule has 0 radical (unpaired) electrons. The molecule has 2 N–H and O–H groups in total. The molecule has 0 amide bonds. The number of methoxy groups -OCH3 is 1. The summed E-state index contributed by atoms with van der Waals surface area (Å²) in [6, 6.07) is 5.95. The third kappa shape index (κ3) is 2.65. The van der Waals surface area contributed by atoms with Crippen LogP contribution in [0.15, 0.2) is 35.2 Å². The van der Waals surface area contributed by atoms with E-state index in [1.807, 2.05) is 19.1 Å². The van der Waals surface area contributed by atoms with Crippen LogP contribution in [-0.4, -0.2) is 12.3 Å². The zero-order chi connectivity index (χ0) is 12.3. The number of rotatable bonds is 4. The average molecular weight is 232 g/mol. The largest absolute Gasteiger partial charge is 0.496 e. The van der Waals surface area contributed by atoms with Crippen molar-refractivity contribution in [2.75, 3.05) is 7.11 Å². The molecule has 0 aliphatic heterocycles. The maximum Gasteiger partial charge on any atom is 0.128 e. The highest BCUT2D eigenvalue weighted by Gasteiger charge is 2.12. The van der Waals surface area contributed by atoms with E-state index in [1.54, 1.807) is 19.6 Å². The number of benzene rings is 1. The number of hydrogen-bond donors (Lipinski definition) is 1. The summed E-state index contributed by atoms with van der Waals surface area (Å²) in [5, 5.41) is 3.66. The van der Waals surface area contributed by atoms with Gasteiger partial charge in [0.2, 0.25) is 0 Å². The van der Waals surface area contributed by atoms with Crippen LogP contribution in [0.3, 0.4) is 0 Å². The van der Waals surface area contributed by atoms with Crippen LogP contribution in [-0.2, 0) is 6.42 Å². The SMILES string of the molecule is COc1ccc(C)cc1CC(N)c1cnoc1. The van der Waals surface area contributed by atoms with E-state index in [9.17, 15) is 0 Å². The Labute approximate surface area is 100 Å². The molecule has 0 aliphatic rings. The van der Waals surface area contributed by atoms with Crippen molar-refractivity contribution in [1.82, 2.24) is 5.16 Å². The van der Waals surface area contributed by atoms with Gasteiger partial charge < -0.3 is 15.0 Å². The molecule has 4 heteroatoms. The number of ether oxygens (including phenoxy) is 1. The van der Waals surface area contributed by atoms with E-state index >= 15 is 0 Å². The minimum Gasteiger partial charge on any atom is -0.496 e. The van der Waals surface area contributed by atoms with Crippen molar-refractivity contribution in [1.29, 1.82) is 0 Å². The van der Waals surface area contributed by atoms with Crippen LogP contribution >= 0.6 is 0 Å². The highest BCUT2D eigenvalue weighted by molar-refractivity contribution is 5.38. The summed E-state index contributed by atoms with van der Waals surface area (Å²) in [7, 11) is 1.67. The van der Waals surface area contributed by atoms with Gasteiger partial charge in [-0.05, 0) is 25.0 Å². The molecule has 0 bridgehead atoms. The van der Waals surface area contributed by atoms with Crippen molar-refractivity contribution in [3.63, 3.8) is 0 Å². The Kier molecular flexibility index (Phi) is 3.44. The van der Waals surface area contributed by atoms with Gasteiger partial charge in [-0.15, -0.1) is 0 Å². The molecule has 2 rings (SSSR count). The molecule has 1 heterocycles. The molecule has 0 saturated carbocycles. The molecule has 4 nitrogen and oxygen atoms in total. The summed E-state index contributed by atoms with van der Waals surface area (Å²) in [6.07, 6.45) is 3.92. The first kappa shape index (κ1) is 11.7. The zero-order valence-electron chi connectivity index (χ0n) is 10.0. The number of aromatic nitrogens is 1. The molecule has 0 aliphatic carbocycles. The molecule has 1 atom stereocenters. The molecule has 90 valence electrons. The van der Waals surface area contributed by atoms with E-state index in [1.165, 1.54) is 5.56 Å². The van der Waals surface area contributed by atoms with E-state index in [0.29, 0.717) is 6.42 Å². The fraction of sp³-hybridized carbons (Fsp3) is 0.308. The van der Waals surface area contributed by atoms with Crippen molar-refractivity contribution in [2.24, 2.45) is 5.73 Å². The Hall–Kier alpha value is -1.81. The minimum atomic E-state index is -0.128. The topological polar surface area (TPSA) is 61.3 Å². The zero-order valence-corrected chi connectivity index (χ0v) is 10.0. The van der Waals surface area contributed by atoms with Crippen LogP contribution in [0.2, 0.25) is 0 Å². The highest BCUT2D eigenvalue weighted by atomic mass is 16.5. The summed E-state index contributed by atoms with van der Waals surface area (Å²) < 4.78 is 10.1. The molecule has 1 aromatic carbocycles. The molecular weight excluding hydrogens is 216 g/mol. The molecule has 1 unspecified atom stereocenters. The fourth-order valence-corrected chi connectivity index (χ4v) is 1.82. The Morgan fingerprint density at radius 2 is 2.29 bits per heavy atom. The second-order valence-corrected chi connectivity index (χ2v) is 4.08. The second-order valence-electron chi connectivity index (χ2n) is 4.08. The Bertz CT molecular complexity index is 480. The fourth-order valence-electron chi connectivity index (χ4n) is 1.82. The summed E-state index contributed by atoms with van der Waals surface area (Å²) in [6.45, 7) is 2.05. The Morgan fingerprint density at radius 3 is 2.94 bits per heavy atom. The second kappa shape index (κ2) is 5.01. The van der Waals surface area contributed by atoms with Crippen molar-refractivity contribution < 1.29 is 9.26 Å². The van der Waals surface area contributed by atoms with Crippen LogP contribution in [0.5, 0.6) is 5.75 Å². The molecule has 0 fully saturated rings. The third-order valence-electron chi connectivity index (χ3n) is 2.76. The summed E-state index contributed by atoms with van der Waals surface area (Å²) in [4.78, 5) is 0. The Balaban J connectivity index is 2.20. The van der Waals surface area contributed by atoms with Gasteiger partial charge in [0.25, 0.3) is 0 Å². The van der Waals surface area contributed by atoms with Gasteiger partial charge in [0.15, 0.2) is 0 Å². The van der Waals surface area contributed by atoms with Crippen molar-refractivity contribution >= 4 is 0 Å². The predicted molar refractivity (Wildman–Crippen MR) is 64.9 cm³/mol. The number of aryl methyl sites for hydroxylation is 1. The monoisotopic (exact) mass is 232 g/mol. The number of hydrogen-bond acceptors (Lipinski definition) is 4. The van der Waals surface area contributed by atoms with Gasteiger partial charge in [-0.25, -0.2) is 0 Å². The van der Waals surface area contributed by atoms with Crippen molar-refractivity contribution in [2.45, 2.75) is 19.4 Å². The van der Waals surface area contributed by atoms with Gasteiger partial charge in [-0.1, -0.05) is 22.9 Å². The van der Waals surface area contributed by atoms with Crippen LogP contribution in [0.1, 0.15) is 22.7 Å². The summed E-state index contributed by atoms with van der Waals surface area (Å²) in [5.74, 6) is 0.863. The van der Waals surface area contributed by atoms with Gasteiger partial charge in [-0.2, -0.15) is 0 Å². The summed E-state index contributed by atoms with van der Waals surface area (Å²) in [5.41, 5.74) is 9.28. The van der Waals surface area contributed by atoms with E-state index in [0.717, 1.165) is 16.9 Å². The lowest BCUT2D eigenvalue weighted by atomic mass is 10.00. The van der Waals surface area contributed by atoms with E-state index in [2.05, 4.69) is 11.2 Å². The molecule has 0 spiro atoms.